The monoisotopic (exact) mass is 714 g/mol. The summed E-state index contributed by atoms with van der Waals surface area (Å²) in [4.78, 5) is 15.1. The number of hydrogen-bond donors (Lipinski definition) is 0. The topological polar surface area (TPSA) is 120 Å². The van der Waals surface area contributed by atoms with E-state index in [-0.39, 0.29) is 0 Å². The zero-order chi connectivity index (χ0) is 37.8. The van der Waals surface area contributed by atoms with Crippen molar-refractivity contribution in [3.8, 4) is 63.7 Å². The quantitative estimate of drug-likeness (QED) is 0.175. The summed E-state index contributed by atoms with van der Waals surface area (Å²) < 4.78 is 4.19. The molecule has 0 bridgehead atoms. The Morgan fingerprint density at radius 3 is 1.18 bits per heavy atom. The second kappa shape index (κ2) is 12.9. The third-order valence-corrected chi connectivity index (χ3v) is 10.3. The number of benzene rings is 7. The van der Waals surface area contributed by atoms with Gasteiger partial charge in [-0.15, -0.1) is 0 Å². The largest absolute Gasteiger partial charge is 0.308 e. The minimum Gasteiger partial charge on any atom is -0.308 e. The van der Waals surface area contributed by atoms with E-state index in [0.717, 1.165) is 54.7 Å². The van der Waals surface area contributed by atoms with Crippen molar-refractivity contribution in [2.24, 2.45) is 0 Å². The van der Waals surface area contributed by atoms with Crippen LogP contribution < -0.4 is 0 Å². The van der Waals surface area contributed by atoms with Crippen molar-refractivity contribution in [1.29, 1.82) is 15.8 Å². The number of fused-ring (bicyclic) bond motifs is 6. The van der Waals surface area contributed by atoms with E-state index in [1.807, 2.05) is 146 Å². The Morgan fingerprint density at radius 1 is 0.357 bits per heavy atom. The fourth-order valence-corrected chi connectivity index (χ4v) is 7.75. The third-order valence-electron chi connectivity index (χ3n) is 10.3. The molecule has 0 spiro atoms. The van der Waals surface area contributed by atoms with Gasteiger partial charge in [0, 0.05) is 38.2 Å². The Balaban J connectivity index is 1.36. The van der Waals surface area contributed by atoms with E-state index in [4.69, 9.17) is 15.0 Å². The van der Waals surface area contributed by atoms with E-state index in [0.29, 0.717) is 51.1 Å². The van der Waals surface area contributed by atoms with Gasteiger partial charge in [-0.2, -0.15) is 15.8 Å². The summed E-state index contributed by atoms with van der Waals surface area (Å²) in [5, 5.41) is 34.7. The predicted octanol–water partition coefficient (Wildman–Crippen LogP) is 10.7. The van der Waals surface area contributed by atoms with Crippen LogP contribution in [0.2, 0.25) is 0 Å². The molecule has 8 heteroatoms. The highest BCUT2D eigenvalue weighted by molar-refractivity contribution is 6.11. The molecule has 0 saturated heterocycles. The average molecular weight is 715 g/mol. The molecule has 0 aliphatic rings. The van der Waals surface area contributed by atoms with Crippen LogP contribution in [0.5, 0.6) is 0 Å². The summed E-state index contributed by atoms with van der Waals surface area (Å²) in [5.41, 5.74) is 8.56. The maximum atomic E-state index is 11.3. The van der Waals surface area contributed by atoms with Gasteiger partial charge in [0.1, 0.15) is 11.6 Å². The minimum absolute atomic E-state index is 0.424. The lowest BCUT2D eigenvalue weighted by Crippen LogP contribution is -2.07. The molecule has 0 unspecified atom stereocenters. The highest BCUT2D eigenvalue weighted by Gasteiger charge is 2.24. The number of nitriles is 3. The van der Waals surface area contributed by atoms with Crippen LogP contribution in [0, 0.1) is 34.0 Å². The molecule has 10 aromatic rings. The molecular weight excluding hydrogens is 689 g/mol. The standard InChI is InChI=1S/C48H26N8/c49-27-30-19-21-42-37(23-30)35-15-7-9-17-40(35)55(42)44-25-34(48-53-46(32-11-3-1-4-12-32)52-47(54-48)33-13-5-2-6-14-33)26-45(39(44)29-51)56-41-18-10-8-16-36(41)38-24-31(28-50)20-22-43(38)56/h1-26H. The van der Waals surface area contributed by atoms with Gasteiger partial charge in [0.2, 0.25) is 0 Å². The first kappa shape index (κ1) is 32.3. The summed E-state index contributed by atoms with van der Waals surface area (Å²) in [7, 11) is 0. The summed E-state index contributed by atoms with van der Waals surface area (Å²) >= 11 is 0. The van der Waals surface area contributed by atoms with Crippen LogP contribution >= 0.6 is 0 Å². The van der Waals surface area contributed by atoms with Crippen molar-refractivity contribution < 1.29 is 0 Å². The molecule has 0 saturated carbocycles. The molecule has 258 valence electrons. The van der Waals surface area contributed by atoms with Gasteiger partial charge < -0.3 is 9.13 Å². The second-order valence-electron chi connectivity index (χ2n) is 13.4. The number of para-hydroxylation sites is 2. The SMILES string of the molecule is N#Cc1ccc2c(c1)c1ccccc1n2-c1cc(-c2nc(-c3ccccc3)nc(-c3ccccc3)n2)cc(-n2c3ccccc3c3cc(C#N)ccc32)c1C#N. The van der Waals surface area contributed by atoms with Gasteiger partial charge in [-0.05, 0) is 60.7 Å². The van der Waals surface area contributed by atoms with Gasteiger partial charge in [0.25, 0.3) is 0 Å². The van der Waals surface area contributed by atoms with Crippen LogP contribution in [0.15, 0.2) is 158 Å². The first-order valence-electron chi connectivity index (χ1n) is 18.0. The van der Waals surface area contributed by atoms with E-state index >= 15 is 0 Å². The number of aromatic nitrogens is 5. The Kier molecular flexibility index (Phi) is 7.46. The van der Waals surface area contributed by atoms with Gasteiger partial charge in [-0.1, -0.05) is 97.1 Å². The van der Waals surface area contributed by atoms with E-state index in [2.05, 4.69) is 27.3 Å². The lowest BCUT2D eigenvalue weighted by molar-refractivity contribution is 1.06. The molecule has 0 atom stereocenters. The molecule has 3 aromatic heterocycles. The Hall–Kier alpha value is -8.38. The summed E-state index contributed by atoms with van der Waals surface area (Å²) in [5.74, 6) is 1.47. The fourth-order valence-electron chi connectivity index (χ4n) is 7.75. The number of nitrogens with zero attached hydrogens (tertiary/aromatic N) is 8. The van der Waals surface area contributed by atoms with Gasteiger partial charge in [0.15, 0.2) is 17.5 Å². The number of hydrogen-bond acceptors (Lipinski definition) is 6. The van der Waals surface area contributed by atoms with Gasteiger partial charge in [-0.25, -0.2) is 15.0 Å². The normalized spacial score (nSPS) is 11.2. The van der Waals surface area contributed by atoms with Crippen molar-refractivity contribution >= 4 is 43.6 Å². The van der Waals surface area contributed by atoms with Crippen molar-refractivity contribution in [3.63, 3.8) is 0 Å². The zero-order valence-corrected chi connectivity index (χ0v) is 29.6. The molecule has 7 aromatic carbocycles. The molecule has 56 heavy (non-hydrogen) atoms. The highest BCUT2D eigenvalue weighted by Crippen LogP contribution is 2.40. The maximum Gasteiger partial charge on any atom is 0.164 e. The highest BCUT2D eigenvalue weighted by atomic mass is 15.1. The molecule has 0 aliphatic carbocycles. The van der Waals surface area contributed by atoms with Crippen LogP contribution in [0.25, 0.3) is 89.2 Å². The summed E-state index contributed by atoms with van der Waals surface area (Å²) in [6, 6.07) is 58.1. The molecule has 0 aliphatic heterocycles. The molecule has 10 rings (SSSR count). The number of rotatable bonds is 5. The van der Waals surface area contributed by atoms with Gasteiger partial charge >= 0.3 is 0 Å². The van der Waals surface area contributed by atoms with E-state index in [1.54, 1.807) is 12.1 Å². The predicted molar refractivity (Wildman–Crippen MR) is 219 cm³/mol. The first-order chi connectivity index (χ1) is 27.6. The third kappa shape index (κ3) is 5.09. The zero-order valence-electron chi connectivity index (χ0n) is 29.6. The molecule has 0 radical (unpaired) electrons. The van der Waals surface area contributed by atoms with Crippen molar-refractivity contribution in [3.05, 3.63) is 174 Å². The maximum absolute atomic E-state index is 11.3. The molecule has 0 N–H and O–H groups in total. The molecule has 3 heterocycles. The molecule has 0 fully saturated rings. The lowest BCUT2D eigenvalue weighted by atomic mass is 10.0. The molecular formula is C48H26N8. The summed E-state index contributed by atoms with van der Waals surface area (Å²) in [6.45, 7) is 0. The molecule has 0 amide bonds. The van der Waals surface area contributed by atoms with Crippen LogP contribution in [0.4, 0.5) is 0 Å². The minimum atomic E-state index is 0.424. The van der Waals surface area contributed by atoms with Crippen molar-refractivity contribution in [2.45, 2.75) is 0 Å². The lowest BCUT2D eigenvalue weighted by Gasteiger charge is -2.18. The average Bonchev–Trinajstić information content (AvgIpc) is 3.78. The first-order valence-corrected chi connectivity index (χ1v) is 18.0. The fraction of sp³-hybridized carbons (Fsp3) is 0. The van der Waals surface area contributed by atoms with E-state index in [1.165, 1.54) is 0 Å². The van der Waals surface area contributed by atoms with Crippen molar-refractivity contribution in [1.82, 2.24) is 24.1 Å². The van der Waals surface area contributed by atoms with Crippen LogP contribution in [-0.4, -0.2) is 24.1 Å². The van der Waals surface area contributed by atoms with E-state index < -0.39 is 0 Å². The Labute approximate surface area is 320 Å². The summed E-state index contributed by atoms with van der Waals surface area (Å²) in [6.07, 6.45) is 0. The van der Waals surface area contributed by atoms with E-state index in [9.17, 15) is 15.8 Å². The Morgan fingerprint density at radius 2 is 0.750 bits per heavy atom. The van der Waals surface area contributed by atoms with Gasteiger partial charge in [0.05, 0.1) is 56.7 Å². The Bertz CT molecular complexity index is 3130. The van der Waals surface area contributed by atoms with Crippen molar-refractivity contribution in [2.75, 3.05) is 0 Å². The van der Waals surface area contributed by atoms with Crippen LogP contribution in [0.1, 0.15) is 16.7 Å². The van der Waals surface area contributed by atoms with Crippen LogP contribution in [-0.2, 0) is 0 Å². The molecule has 8 nitrogen and oxygen atoms in total. The van der Waals surface area contributed by atoms with Crippen LogP contribution in [0.3, 0.4) is 0 Å². The second-order valence-corrected chi connectivity index (χ2v) is 13.4. The smallest absolute Gasteiger partial charge is 0.164 e. The van der Waals surface area contributed by atoms with Gasteiger partial charge in [-0.3, -0.25) is 0 Å².